The van der Waals surface area contributed by atoms with Gasteiger partial charge in [-0.15, -0.1) is 0 Å². The summed E-state index contributed by atoms with van der Waals surface area (Å²) in [4.78, 5) is 12.5. The Bertz CT molecular complexity index is 866. The van der Waals surface area contributed by atoms with Gasteiger partial charge in [0, 0.05) is 22.2 Å². The van der Waals surface area contributed by atoms with Crippen LogP contribution < -0.4 is 5.32 Å². The van der Waals surface area contributed by atoms with Crippen molar-refractivity contribution in [2.75, 3.05) is 18.4 Å². The standard InChI is InChI=1S/C17H18ClIN2O3S/c1-3-21(4-2)25(23,24)14-8-5-12(6-9-14)17(22)20-16-10-7-13(19)11-15(16)18/h5-11H,3-4H2,1-2H3,(H,20,22). The molecule has 0 fully saturated rings. The van der Waals surface area contributed by atoms with Gasteiger partial charge < -0.3 is 5.32 Å². The van der Waals surface area contributed by atoms with Crippen LogP contribution in [0.25, 0.3) is 0 Å². The van der Waals surface area contributed by atoms with Crippen LogP contribution in [-0.2, 0) is 10.0 Å². The molecule has 2 rings (SSSR count). The number of carbonyl (C=O) groups excluding carboxylic acids is 1. The Morgan fingerprint density at radius 3 is 2.24 bits per heavy atom. The molecule has 0 bridgehead atoms. The van der Waals surface area contributed by atoms with Gasteiger partial charge in [0.25, 0.3) is 5.91 Å². The lowest BCUT2D eigenvalue weighted by Gasteiger charge is -2.18. The lowest BCUT2D eigenvalue weighted by Crippen LogP contribution is -2.30. The molecule has 8 heteroatoms. The Morgan fingerprint density at radius 2 is 1.72 bits per heavy atom. The maximum absolute atomic E-state index is 12.5. The SMILES string of the molecule is CCN(CC)S(=O)(=O)c1ccc(C(=O)Nc2ccc(I)cc2Cl)cc1. The van der Waals surface area contributed by atoms with Crippen LogP contribution in [0.15, 0.2) is 47.4 Å². The molecule has 0 aromatic heterocycles. The van der Waals surface area contributed by atoms with Crippen LogP contribution in [0.1, 0.15) is 24.2 Å². The number of nitrogens with zero attached hydrogens (tertiary/aromatic N) is 1. The van der Waals surface area contributed by atoms with E-state index in [0.29, 0.717) is 29.4 Å². The summed E-state index contributed by atoms with van der Waals surface area (Å²) in [6, 6.07) is 11.2. The third kappa shape index (κ3) is 4.72. The Labute approximate surface area is 166 Å². The molecule has 0 unspecified atom stereocenters. The number of hydrogen-bond acceptors (Lipinski definition) is 3. The summed E-state index contributed by atoms with van der Waals surface area (Å²) in [6.45, 7) is 4.36. The largest absolute Gasteiger partial charge is 0.321 e. The number of rotatable bonds is 6. The van der Waals surface area contributed by atoms with Crippen molar-refractivity contribution in [2.24, 2.45) is 0 Å². The van der Waals surface area contributed by atoms with Gasteiger partial charge in [0.05, 0.1) is 15.6 Å². The van der Waals surface area contributed by atoms with E-state index in [4.69, 9.17) is 11.6 Å². The molecule has 1 N–H and O–H groups in total. The first-order valence-corrected chi connectivity index (χ1v) is 10.6. The highest BCUT2D eigenvalue weighted by atomic mass is 127. The van der Waals surface area contributed by atoms with E-state index in [9.17, 15) is 13.2 Å². The second-order valence-electron chi connectivity index (χ2n) is 5.19. The molecule has 5 nitrogen and oxygen atoms in total. The number of halogens is 2. The van der Waals surface area contributed by atoms with E-state index in [1.54, 1.807) is 26.0 Å². The van der Waals surface area contributed by atoms with Gasteiger partial charge in [-0.3, -0.25) is 4.79 Å². The van der Waals surface area contributed by atoms with Crippen molar-refractivity contribution in [3.05, 3.63) is 56.6 Å². The molecule has 0 spiro atoms. The van der Waals surface area contributed by atoms with Gasteiger partial charge in [-0.1, -0.05) is 25.4 Å². The molecule has 0 aliphatic carbocycles. The van der Waals surface area contributed by atoms with E-state index in [-0.39, 0.29) is 10.8 Å². The number of anilines is 1. The van der Waals surface area contributed by atoms with E-state index in [0.717, 1.165) is 3.57 Å². The van der Waals surface area contributed by atoms with E-state index < -0.39 is 10.0 Å². The summed E-state index contributed by atoms with van der Waals surface area (Å²) in [6.07, 6.45) is 0. The first-order valence-electron chi connectivity index (χ1n) is 7.66. The number of sulfonamides is 1. The average Bonchev–Trinajstić information content (AvgIpc) is 2.58. The average molecular weight is 493 g/mol. The highest BCUT2D eigenvalue weighted by molar-refractivity contribution is 14.1. The molecular formula is C17H18ClIN2O3S. The first-order chi connectivity index (χ1) is 11.8. The smallest absolute Gasteiger partial charge is 0.255 e. The minimum absolute atomic E-state index is 0.167. The fourth-order valence-corrected chi connectivity index (χ4v) is 4.64. The van der Waals surface area contributed by atoms with Crippen molar-refractivity contribution in [1.82, 2.24) is 4.31 Å². The first kappa shape index (κ1) is 20.2. The second kappa shape index (κ2) is 8.48. The molecule has 0 aliphatic rings. The van der Waals surface area contributed by atoms with Gasteiger partial charge in [-0.2, -0.15) is 4.31 Å². The van der Waals surface area contributed by atoms with Gasteiger partial charge in [0.2, 0.25) is 10.0 Å². The van der Waals surface area contributed by atoms with Gasteiger partial charge in [0.1, 0.15) is 0 Å². The minimum atomic E-state index is -3.53. The molecule has 0 saturated heterocycles. The normalized spacial score (nSPS) is 11.6. The van der Waals surface area contributed by atoms with Crippen molar-refractivity contribution in [3.8, 4) is 0 Å². The van der Waals surface area contributed by atoms with E-state index >= 15 is 0 Å². The Hall–Kier alpha value is -1.16. The van der Waals surface area contributed by atoms with Crippen LogP contribution in [0.5, 0.6) is 0 Å². The topological polar surface area (TPSA) is 66.5 Å². The Morgan fingerprint density at radius 1 is 1.12 bits per heavy atom. The molecule has 1 amide bonds. The number of benzene rings is 2. The van der Waals surface area contributed by atoms with Crippen LogP contribution >= 0.6 is 34.2 Å². The number of amides is 1. The van der Waals surface area contributed by atoms with Crippen molar-refractivity contribution in [3.63, 3.8) is 0 Å². The van der Waals surface area contributed by atoms with Crippen LogP contribution in [0.4, 0.5) is 5.69 Å². The number of nitrogens with one attached hydrogen (secondary N) is 1. The lowest BCUT2D eigenvalue weighted by atomic mass is 10.2. The third-order valence-electron chi connectivity index (χ3n) is 3.64. The molecule has 2 aromatic carbocycles. The highest BCUT2D eigenvalue weighted by Crippen LogP contribution is 2.24. The molecule has 0 saturated carbocycles. The minimum Gasteiger partial charge on any atom is -0.321 e. The summed E-state index contributed by atoms with van der Waals surface area (Å²) >= 11 is 8.24. The van der Waals surface area contributed by atoms with Crippen LogP contribution in [0.2, 0.25) is 5.02 Å². The molecule has 25 heavy (non-hydrogen) atoms. The fraction of sp³-hybridized carbons (Fsp3) is 0.235. The molecule has 0 radical (unpaired) electrons. The summed E-state index contributed by atoms with van der Waals surface area (Å²) < 4.78 is 27.2. The second-order valence-corrected chi connectivity index (χ2v) is 8.78. The van der Waals surface area contributed by atoms with Gasteiger partial charge in [-0.05, 0) is 65.1 Å². The maximum Gasteiger partial charge on any atom is 0.255 e. The van der Waals surface area contributed by atoms with E-state index in [1.807, 2.05) is 6.07 Å². The predicted octanol–water partition coefficient (Wildman–Crippen LogP) is 4.23. The zero-order valence-corrected chi connectivity index (χ0v) is 17.5. The van der Waals surface area contributed by atoms with E-state index in [1.165, 1.54) is 28.6 Å². The zero-order valence-electron chi connectivity index (χ0n) is 13.8. The maximum atomic E-state index is 12.5. The number of hydrogen-bond donors (Lipinski definition) is 1. The zero-order chi connectivity index (χ0) is 18.6. The molecule has 0 aliphatic heterocycles. The van der Waals surface area contributed by atoms with Crippen LogP contribution in [-0.4, -0.2) is 31.7 Å². The van der Waals surface area contributed by atoms with Crippen LogP contribution in [0, 0.1) is 3.57 Å². The van der Waals surface area contributed by atoms with Gasteiger partial charge in [0.15, 0.2) is 0 Å². The fourth-order valence-electron chi connectivity index (χ4n) is 2.28. The molecular weight excluding hydrogens is 475 g/mol. The van der Waals surface area contributed by atoms with Crippen LogP contribution in [0.3, 0.4) is 0 Å². The Kier molecular flexibility index (Phi) is 6.84. The molecule has 2 aromatic rings. The monoisotopic (exact) mass is 492 g/mol. The summed E-state index contributed by atoms with van der Waals surface area (Å²) in [7, 11) is -3.53. The predicted molar refractivity (Wildman–Crippen MR) is 109 cm³/mol. The number of carbonyl (C=O) groups is 1. The Balaban J connectivity index is 2.20. The molecule has 0 heterocycles. The summed E-state index contributed by atoms with van der Waals surface area (Å²) in [5.41, 5.74) is 0.861. The molecule has 134 valence electrons. The van der Waals surface area contributed by atoms with Crippen molar-refractivity contribution in [2.45, 2.75) is 18.7 Å². The highest BCUT2D eigenvalue weighted by Gasteiger charge is 2.21. The van der Waals surface area contributed by atoms with Gasteiger partial charge >= 0.3 is 0 Å². The third-order valence-corrected chi connectivity index (χ3v) is 6.69. The van der Waals surface area contributed by atoms with Crippen molar-refractivity contribution < 1.29 is 13.2 Å². The summed E-state index contributed by atoms with van der Waals surface area (Å²) in [5.74, 6) is -0.352. The quantitative estimate of drug-likeness (QED) is 0.614. The van der Waals surface area contributed by atoms with Gasteiger partial charge in [-0.25, -0.2) is 8.42 Å². The van der Waals surface area contributed by atoms with E-state index in [2.05, 4.69) is 27.9 Å². The lowest BCUT2D eigenvalue weighted by molar-refractivity contribution is 0.102. The van der Waals surface area contributed by atoms with Crippen molar-refractivity contribution >= 4 is 55.8 Å². The molecule has 0 atom stereocenters. The summed E-state index contributed by atoms with van der Waals surface area (Å²) in [5, 5.41) is 3.17. The van der Waals surface area contributed by atoms with Crippen molar-refractivity contribution in [1.29, 1.82) is 0 Å².